The van der Waals surface area contributed by atoms with Gasteiger partial charge in [-0.2, -0.15) is 4.98 Å². The molecule has 0 aliphatic rings. The van der Waals surface area contributed by atoms with Gasteiger partial charge < -0.3 is 4.52 Å². The Morgan fingerprint density at radius 3 is 2.63 bits per heavy atom. The van der Waals surface area contributed by atoms with Gasteiger partial charge in [0.15, 0.2) is 11.0 Å². The first kappa shape index (κ1) is 20.3. The van der Waals surface area contributed by atoms with E-state index in [1.54, 1.807) is 4.57 Å². The van der Waals surface area contributed by atoms with Gasteiger partial charge in [-0.25, -0.2) is 4.98 Å². The van der Waals surface area contributed by atoms with Crippen molar-refractivity contribution < 1.29 is 4.52 Å². The summed E-state index contributed by atoms with van der Waals surface area (Å²) in [5.74, 6) is 2.17. The number of hydrogen-bond acceptors (Lipinski definition) is 6. The van der Waals surface area contributed by atoms with Crippen molar-refractivity contribution in [2.45, 2.75) is 44.5 Å². The Morgan fingerprint density at radius 1 is 1.07 bits per heavy atom. The molecular weight excluding hydrogens is 396 g/mol. The first-order valence-electron chi connectivity index (χ1n) is 10.1. The van der Waals surface area contributed by atoms with Crippen molar-refractivity contribution in [3.8, 4) is 5.69 Å². The fourth-order valence-electron chi connectivity index (χ4n) is 3.36. The smallest absolute Gasteiger partial charge is 0.266 e. The van der Waals surface area contributed by atoms with Crippen LogP contribution in [0.25, 0.3) is 16.6 Å². The van der Waals surface area contributed by atoms with Gasteiger partial charge in [-0.3, -0.25) is 9.36 Å². The van der Waals surface area contributed by atoms with Crippen molar-refractivity contribution in [2.75, 3.05) is 0 Å². The SMILES string of the molecule is CCc1ccccc1-n1c(SCc2noc(CC(C)C)n2)nc2ccccc2c1=O. The number of nitrogens with zero attached hydrogens (tertiary/aromatic N) is 4. The highest BCUT2D eigenvalue weighted by atomic mass is 32.2. The third kappa shape index (κ3) is 4.16. The van der Waals surface area contributed by atoms with Gasteiger partial charge in [0.25, 0.3) is 5.56 Å². The summed E-state index contributed by atoms with van der Waals surface area (Å²) in [4.78, 5) is 22.7. The molecule has 4 aromatic rings. The lowest BCUT2D eigenvalue weighted by atomic mass is 10.1. The van der Waals surface area contributed by atoms with Crippen LogP contribution in [0.4, 0.5) is 0 Å². The number of rotatable bonds is 7. The van der Waals surface area contributed by atoms with Crippen LogP contribution in [-0.2, 0) is 18.6 Å². The predicted octanol–water partition coefficient (Wildman–Crippen LogP) is 4.82. The molecule has 0 radical (unpaired) electrons. The number of aryl methyl sites for hydroxylation is 1. The number of para-hydroxylation sites is 2. The van der Waals surface area contributed by atoms with Gasteiger partial charge in [-0.1, -0.05) is 68.0 Å². The van der Waals surface area contributed by atoms with Crippen LogP contribution in [0.2, 0.25) is 0 Å². The van der Waals surface area contributed by atoms with Crippen molar-refractivity contribution in [3.05, 3.63) is 76.2 Å². The minimum absolute atomic E-state index is 0.0717. The fraction of sp³-hybridized carbons (Fsp3) is 0.304. The molecule has 6 nitrogen and oxygen atoms in total. The quantitative estimate of drug-likeness (QED) is 0.315. The molecule has 2 aromatic heterocycles. The molecule has 0 unspecified atom stereocenters. The normalized spacial score (nSPS) is 11.5. The Bertz CT molecular complexity index is 1230. The molecule has 0 atom stereocenters. The standard InChI is InChI=1S/C23H24N4O2S/c1-4-16-9-5-8-12-19(16)27-22(28)17-10-6-7-11-18(17)24-23(27)30-14-20-25-21(29-26-20)13-15(2)3/h5-12,15H,4,13-14H2,1-3H3. The van der Waals surface area contributed by atoms with Crippen molar-refractivity contribution in [3.63, 3.8) is 0 Å². The van der Waals surface area contributed by atoms with E-state index in [1.165, 1.54) is 11.8 Å². The van der Waals surface area contributed by atoms with Crippen LogP contribution in [0.1, 0.15) is 38.0 Å². The highest BCUT2D eigenvalue weighted by Gasteiger charge is 2.17. The van der Waals surface area contributed by atoms with E-state index in [1.807, 2.05) is 48.5 Å². The Balaban J connectivity index is 1.76. The molecule has 0 saturated heterocycles. The van der Waals surface area contributed by atoms with Gasteiger partial charge in [0, 0.05) is 6.42 Å². The molecule has 30 heavy (non-hydrogen) atoms. The molecule has 0 bridgehead atoms. The maximum atomic E-state index is 13.4. The van der Waals surface area contributed by atoms with Gasteiger partial charge in [0.1, 0.15) is 0 Å². The fourth-order valence-corrected chi connectivity index (χ4v) is 4.21. The van der Waals surface area contributed by atoms with Gasteiger partial charge in [-0.15, -0.1) is 0 Å². The topological polar surface area (TPSA) is 73.8 Å². The van der Waals surface area contributed by atoms with Crippen LogP contribution < -0.4 is 5.56 Å². The van der Waals surface area contributed by atoms with Crippen LogP contribution in [0.3, 0.4) is 0 Å². The lowest BCUT2D eigenvalue weighted by Gasteiger charge is -2.15. The first-order valence-corrected chi connectivity index (χ1v) is 11.1. The van der Waals surface area contributed by atoms with Crippen LogP contribution >= 0.6 is 11.8 Å². The Morgan fingerprint density at radius 2 is 1.83 bits per heavy atom. The largest absolute Gasteiger partial charge is 0.339 e. The number of fused-ring (bicyclic) bond motifs is 1. The average molecular weight is 421 g/mol. The highest BCUT2D eigenvalue weighted by molar-refractivity contribution is 7.98. The minimum Gasteiger partial charge on any atom is -0.339 e. The molecule has 0 fully saturated rings. The third-order valence-electron chi connectivity index (χ3n) is 4.78. The van der Waals surface area contributed by atoms with Crippen LogP contribution in [0.5, 0.6) is 0 Å². The van der Waals surface area contributed by atoms with Crippen LogP contribution in [-0.4, -0.2) is 19.7 Å². The van der Waals surface area contributed by atoms with Crippen LogP contribution in [0.15, 0.2) is 63.0 Å². The number of benzene rings is 2. The Hall–Kier alpha value is -2.93. The third-order valence-corrected chi connectivity index (χ3v) is 5.72. The predicted molar refractivity (Wildman–Crippen MR) is 119 cm³/mol. The van der Waals surface area contributed by atoms with E-state index in [4.69, 9.17) is 9.51 Å². The Labute approximate surface area is 179 Å². The molecule has 0 aliphatic heterocycles. The second-order valence-electron chi connectivity index (χ2n) is 7.53. The van der Waals surface area contributed by atoms with Crippen LogP contribution in [0, 0.1) is 5.92 Å². The monoisotopic (exact) mass is 420 g/mol. The molecule has 0 aliphatic carbocycles. The molecule has 154 valence electrons. The van der Waals surface area contributed by atoms with E-state index in [9.17, 15) is 4.79 Å². The van der Waals surface area contributed by atoms with Crippen molar-refractivity contribution in [1.29, 1.82) is 0 Å². The van der Waals surface area contributed by atoms with Crippen molar-refractivity contribution in [2.24, 2.45) is 5.92 Å². The summed E-state index contributed by atoms with van der Waals surface area (Å²) in [5.41, 5.74) is 2.57. The van der Waals surface area contributed by atoms with E-state index in [0.29, 0.717) is 39.4 Å². The van der Waals surface area contributed by atoms with E-state index in [-0.39, 0.29) is 5.56 Å². The zero-order valence-electron chi connectivity index (χ0n) is 17.3. The molecule has 0 spiro atoms. The zero-order valence-corrected chi connectivity index (χ0v) is 18.1. The summed E-state index contributed by atoms with van der Waals surface area (Å²) in [5, 5.41) is 5.31. The summed E-state index contributed by atoms with van der Waals surface area (Å²) in [6.07, 6.45) is 1.57. The summed E-state index contributed by atoms with van der Waals surface area (Å²) >= 11 is 1.44. The van der Waals surface area contributed by atoms with E-state index in [0.717, 1.165) is 24.1 Å². The molecule has 2 heterocycles. The molecule has 4 rings (SSSR count). The maximum absolute atomic E-state index is 13.4. The Kier molecular flexibility index (Phi) is 5.99. The first-order chi connectivity index (χ1) is 14.6. The van der Waals surface area contributed by atoms with E-state index < -0.39 is 0 Å². The molecule has 2 aromatic carbocycles. The number of thioether (sulfide) groups is 1. The summed E-state index contributed by atoms with van der Waals surface area (Å²) < 4.78 is 7.06. The van der Waals surface area contributed by atoms with E-state index in [2.05, 4.69) is 30.9 Å². The average Bonchev–Trinajstić information content (AvgIpc) is 3.19. The van der Waals surface area contributed by atoms with Gasteiger partial charge in [-0.05, 0) is 36.1 Å². The van der Waals surface area contributed by atoms with Gasteiger partial charge >= 0.3 is 0 Å². The zero-order chi connectivity index (χ0) is 21.1. The molecule has 7 heteroatoms. The number of hydrogen-bond donors (Lipinski definition) is 0. The second-order valence-corrected chi connectivity index (χ2v) is 8.47. The molecule has 0 N–H and O–H groups in total. The summed E-state index contributed by atoms with van der Waals surface area (Å²) in [7, 11) is 0. The molecular formula is C23H24N4O2S. The summed E-state index contributed by atoms with van der Waals surface area (Å²) in [6.45, 7) is 6.31. The molecule has 0 saturated carbocycles. The number of aromatic nitrogens is 4. The van der Waals surface area contributed by atoms with Crippen molar-refractivity contribution in [1.82, 2.24) is 19.7 Å². The summed E-state index contributed by atoms with van der Waals surface area (Å²) in [6, 6.07) is 15.4. The second kappa shape index (κ2) is 8.83. The minimum atomic E-state index is -0.0717. The molecule has 0 amide bonds. The highest BCUT2D eigenvalue weighted by Crippen LogP contribution is 2.25. The van der Waals surface area contributed by atoms with Crippen molar-refractivity contribution >= 4 is 22.7 Å². The van der Waals surface area contributed by atoms with Gasteiger partial charge in [0.2, 0.25) is 5.89 Å². The lowest BCUT2D eigenvalue weighted by Crippen LogP contribution is -2.22. The maximum Gasteiger partial charge on any atom is 0.266 e. The van der Waals surface area contributed by atoms with Gasteiger partial charge in [0.05, 0.1) is 22.3 Å². The lowest BCUT2D eigenvalue weighted by molar-refractivity contribution is 0.360. The van der Waals surface area contributed by atoms with E-state index >= 15 is 0 Å².